The van der Waals surface area contributed by atoms with Gasteiger partial charge in [0.1, 0.15) is 4.90 Å². The van der Waals surface area contributed by atoms with Crippen LogP contribution in [0, 0.1) is 5.92 Å². The molecule has 0 aliphatic carbocycles. The third-order valence-electron chi connectivity index (χ3n) is 4.11. The average molecular weight is 311 g/mol. The quantitative estimate of drug-likeness (QED) is 0.865. The van der Waals surface area contributed by atoms with E-state index in [0.717, 1.165) is 31.6 Å². The normalized spacial score (nSPS) is 18.7. The van der Waals surface area contributed by atoms with E-state index in [2.05, 4.69) is 9.62 Å². The van der Waals surface area contributed by atoms with Crippen molar-refractivity contribution < 1.29 is 8.42 Å². The number of sulfonamides is 1. The van der Waals surface area contributed by atoms with Crippen molar-refractivity contribution in [2.75, 3.05) is 24.5 Å². The molecule has 6 heteroatoms. The first-order chi connectivity index (χ1) is 9.95. The molecule has 0 aromatic heterocycles. The molecule has 1 aliphatic heterocycles. The van der Waals surface area contributed by atoms with Crippen molar-refractivity contribution >= 4 is 15.7 Å². The van der Waals surface area contributed by atoms with Crippen LogP contribution in [0.5, 0.6) is 0 Å². The van der Waals surface area contributed by atoms with Crippen molar-refractivity contribution in [1.82, 2.24) is 4.72 Å². The van der Waals surface area contributed by atoms with Crippen LogP contribution in [0.4, 0.5) is 5.69 Å². The average Bonchev–Trinajstić information content (AvgIpc) is 2.47. The first-order valence-corrected chi connectivity index (χ1v) is 9.03. The molecule has 0 bridgehead atoms. The lowest BCUT2D eigenvalue weighted by atomic mass is 9.91. The summed E-state index contributed by atoms with van der Waals surface area (Å²) >= 11 is 0. The van der Waals surface area contributed by atoms with Crippen LogP contribution in [0.2, 0.25) is 0 Å². The highest BCUT2D eigenvalue weighted by molar-refractivity contribution is 7.89. The van der Waals surface area contributed by atoms with Gasteiger partial charge in [-0.05, 0) is 37.8 Å². The summed E-state index contributed by atoms with van der Waals surface area (Å²) < 4.78 is 27.2. The number of rotatable bonds is 5. The lowest BCUT2D eigenvalue weighted by molar-refractivity contribution is 0.354. The van der Waals surface area contributed by atoms with Crippen LogP contribution in [-0.2, 0) is 10.0 Å². The van der Waals surface area contributed by atoms with Gasteiger partial charge in [-0.2, -0.15) is 0 Å². The zero-order valence-electron chi connectivity index (χ0n) is 12.7. The maximum atomic E-state index is 12.3. The first kappa shape index (κ1) is 16.3. The van der Waals surface area contributed by atoms with Crippen molar-refractivity contribution in [3.63, 3.8) is 0 Å². The maximum absolute atomic E-state index is 12.3. The van der Waals surface area contributed by atoms with E-state index >= 15 is 0 Å². The lowest BCUT2D eigenvalue weighted by Gasteiger charge is -2.36. The van der Waals surface area contributed by atoms with Gasteiger partial charge in [-0.1, -0.05) is 19.1 Å². The van der Waals surface area contributed by atoms with Gasteiger partial charge in [0.25, 0.3) is 0 Å². The Morgan fingerprint density at radius 1 is 1.33 bits per heavy atom. The highest BCUT2D eigenvalue weighted by Crippen LogP contribution is 2.29. The molecular weight excluding hydrogens is 286 g/mol. The maximum Gasteiger partial charge on any atom is 0.242 e. The molecule has 3 N–H and O–H groups in total. The predicted molar refractivity (Wildman–Crippen MR) is 85.9 cm³/mol. The molecule has 21 heavy (non-hydrogen) atoms. The number of piperidine rings is 1. The predicted octanol–water partition coefficient (Wildman–Crippen LogP) is 1.55. The molecule has 0 amide bonds. The highest BCUT2D eigenvalue weighted by atomic mass is 32.2. The number of hydrogen-bond acceptors (Lipinski definition) is 4. The van der Waals surface area contributed by atoms with Gasteiger partial charge in [0.05, 0.1) is 5.69 Å². The van der Waals surface area contributed by atoms with E-state index in [1.165, 1.54) is 0 Å². The molecule has 1 fully saturated rings. The molecule has 0 saturated carbocycles. The molecular formula is C15H25N3O2S. The van der Waals surface area contributed by atoms with E-state index in [-0.39, 0.29) is 6.04 Å². The van der Waals surface area contributed by atoms with E-state index in [9.17, 15) is 8.42 Å². The fourth-order valence-corrected chi connectivity index (χ4v) is 4.15. The smallest absolute Gasteiger partial charge is 0.242 e. The zero-order chi connectivity index (χ0) is 15.5. The molecule has 1 atom stereocenters. The molecule has 1 unspecified atom stereocenters. The summed E-state index contributed by atoms with van der Waals surface area (Å²) in [6.45, 7) is 5.93. The summed E-state index contributed by atoms with van der Waals surface area (Å²) in [7, 11) is -3.44. The number of para-hydroxylation sites is 1. The number of nitrogens with one attached hydrogen (secondary N) is 1. The van der Waals surface area contributed by atoms with Gasteiger partial charge in [0.15, 0.2) is 0 Å². The molecule has 118 valence electrons. The molecule has 1 aromatic rings. The standard InChI is InChI=1S/C15H25N3O2S/c1-3-17-21(19,20)15-7-5-4-6-14(15)18-10-8-13(9-11-18)12(2)16/h4-7,12-13,17H,3,8-11,16H2,1-2H3. The Kier molecular flexibility index (Phi) is 5.24. The van der Waals surface area contributed by atoms with Crippen LogP contribution in [0.1, 0.15) is 26.7 Å². The molecule has 1 aliphatic rings. The number of benzene rings is 1. The number of nitrogens with zero attached hydrogens (tertiary/aromatic N) is 1. The van der Waals surface area contributed by atoms with Crippen molar-refractivity contribution in [2.45, 2.75) is 37.6 Å². The fraction of sp³-hybridized carbons (Fsp3) is 0.600. The number of nitrogens with two attached hydrogens (primary N) is 1. The minimum absolute atomic E-state index is 0.202. The minimum atomic E-state index is -3.44. The molecule has 1 heterocycles. The van der Waals surface area contributed by atoms with Gasteiger partial charge in [-0.25, -0.2) is 13.1 Å². The van der Waals surface area contributed by atoms with Gasteiger partial charge in [0.2, 0.25) is 10.0 Å². The van der Waals surface area contributed by atoms with Crippen molar-refractivity contribution in [2.24, 2.45) is 11.7 Å². The second-order valence-corrected chi connectivity index (χ2v) is 7.39. The molecule has 2 rings (SSSR count). The second-order valence-electron chi connectivity index (χ2n) is 5.65. The number of hydrogen-bond donors (Lipinski definition) is 2. The van der Waals surface area contributed by atoms with E-state index < -0.39 is 10.0 Å². The third kappa shape index (κ3) is 3.75. The van der Waals surface area contributed by atoms with Crippen LogP contribution < -0.4 is 15.4 Å². The van der Waals surface area contributed by atoms with Crippen LogP contribution in [0.25, 0.3) is 0 Å². The van der Waals surface area contributed by atoms with E-state index in [1.54, 1.807) is 19.1 Å². The van der Waals surface area contributed by atoms with Gasteiger partial charge in [-0.15, -0.1) is 0 Å². The molecule has 5 nitrogen and oxygen atoms in total. The highest BCUT2D eigenvalue weighted by Gasteiger charge is 2.26. The monoisotopic (exact) mass is 311 g/mol. The van der Waals surface area contributed by atoms with Crippen LogP contribution in [-0.4, -0.2) is 34.1 Å². The number of anilines is 1. The first-order valence-electron chi connectivity index (χ1n) is 7.55. The van der Waals surface area contributed by atoms with Crippen molar-refractivity contribution in [3.05, 3.63) is 24.3 Å². The molecule has 0 radical (unpaired) electrons. The molecule has 1 aromatic carbocycles. The van der Waals surface area contributed by atoms with Crippen LogP contribution in [0.3, 0.4) is 0 Å². The van der Waals surface area contributed by atoms with Gasteiger partial charge in [-0.3, -0.25) is 0 Å². The summed E-state index contributed by atoms with van der Waals surface area (Å²) in [6.07, 6.45) is 2.01. The Labute approximate surface area is 127 Å². The second kappa shape index (κ2) is 6.77. The minimum Gasteiger partial charge on any atom is -0.370 e. The Morgan fingerprint density at radius 3 is 2.52 bits per heavy atom. The largest absolute Gasteiger partial charge is 0.370 e. The topological polar surface area (TPSA) is 75.4 Å². The Bertz CT molecular complexity index is 564. The molecule has 1 saturated heterocycles. The SMILES string of the molecule is CCNS(=O)(=O)c1ccccc1N1CCC(C(C)N)CC1. The van der Waals surface area contributed by atoms with Gasteiger partial charge in [0, 0.05) is 25.7 Å². The lowest BCUT2D eigenvalue weighted by Crippen LogP contribution is -2.40. The summed E-state index contributed by atoms with van der Waals surface area (Å²) in [6, 6.07) is 7.41. The van der Waals surface area contributed by atoms with Gasteiger partial charge < -0.3 is 10.6 Å². The fourth-order valence-electron chi connectivity index (χ4n) is 2.88. The van der Waals surface area contributed by atoms with Gasteiger partial charge >= 0.3 is 0 Å². The van der Waals surface area contributed by atoms with Crippen molar-refractivity contribution in [1.29, 1.82) is 0 Å². The summed E-state index contributed by atoms with van der Waals surface area (Å²) in [5.41, 5.74) is 6.76. The van der Waals surface area contributed by atoms with Crippen LogP contribution >= 0.6 is 0 Å². The zero-order valence-corrected chi connectivity index (χ0v) is 13.6. The Morgan fingerprint density at radius 2 is 1.95 bits per heavy atom. The summed E-state index contributed by atoms with van der Waals surface area (Å²) in [5, 5.41) is 0. The van der Waals surface area contributed by atoms with Crippen molar-refractivity contribution in [3.8, 4) is 0 Å². The van der Waals surface area contributed by atoms with E-state index in [1.807, 2.05) is 19.1 Å². The van der Waals surface area contributed by atoms with E-state index in [4.69, 9.17) is 5.73 Å². The Balaban J connectivity index is 2.22. The summed E-state index contributed by atoms with van der Waals surface area (Å²) in [4.78, 5) is 2.52. The Hall–Kier alpha value is -1.11. The summed E-state index contributed by atoms with van der Waals surface area (Å²) in [5.74, 6) is 0.527. The third-order valence-corrected chi connectivity index (χ3v) is 5.71. The molecule has 0 spiro atoms. The van der Waals surface area contributed by atoms with E-state index in [0.29, 0.717) is 17.4 Å². The van der Waals surface area contributed by atoms with Crippen LogP contribution in [0.15, 0.2) is 29.2 Å².